The van der Waals surface area contributed by atoms with Gasteiger partial charge in [-0.1, -0.05) is 24.3 Å². The summed E-state index contributed by atoms with van der Waals surface area (Å²) in [5.41, 5.74) is 0.528. The largest absolute Gasteiger partial charge is 0.512 e. The van der Waals surface area contributed by atoms with E-state index in [4.69, 9.17) is 0 Å². The van der Waals surface area contributed by atoms with Gasteiger partial charge in [-0.25, -0.2) is 0 Å². The van der Waals surface area contributed by atoms with Gasteiger partial charge in [-0.15, -0.1) is 0 Å². The Balaban J connectivity index is 2.91. The Morgan fingerprint density at radius 2 is 2.08 bits per heavy atom. The Morgan fingerprint density at radius 3 is 2.46 bits per heavy atom. The van der Waals surface area contributed by atoms with E-state index >= 15 is 0 Å². The molecular weight excluding hydrogens is 164 g/mol. The topological polar surface area (TPSA) is 37.3 Å². The average Bonchev–Trinajstić information content (AvgIpc) is 2.04. The Labute approximate surface area is 78.3 Å². The van der Waals surface area contributed by atoms with E-state index in [1.165, 1.54) is 6.92 Å². The number of allylic oxidation sites excluding steroid dienone is 6. The molecule has 1 rings (SSSR count). The van der Waals surface area contributed by atoms with E-state index < -0.39 is 0 Å². The van der Waals surface area contributed by atoms with Crippen LogP contribution in [-0.2, 0) is 4.79 Å². The zero-order valence-electron chi connectivity index (χ0n) is 7.95. The molecule has 1 unspecified atom stereocenters. The molecule has 0 heterocycles. The highest BCUT2D eigenvalue weighted by Gasteiger charge is 2.18. The van der Waals surface area contributed by atoms with Crippen molar-refractivity contribution >= 4 is 5.78 Å². The molecule has 0 radical (unpaired) electrons. The summed E-state index contributed by atoms with van der Waals surface area (Å²) < 4.78 is 0. The maximum absolute atomic E-state index is 11.2. The first kappa shape index (κ1) is 9.78. The van der Waals surface area contributed by atoms with Crippen LogP contribution < -0.4 is 0 Å². The van der Waals surface area contributed by atoms with Crippen molar-refractivity contribution in [1.82, 2.24) is 0 Å². The van der Waals surface area contributed by atoms with Crippen LogP contribution in [0.4, 0.5) is 0 Å². The normalized spacial score (nSPS) is 22.8. The molecule has 0 amide bonds. The second kappa shape index (κ2) is 4.08. The van der Waals surface area contributed by atoms with E-state index in [1.807, 2.05) is 24.3 Å². The van der Waals surface area contributed by atoms with Gasteiger partial charge in [-0.05, 0) is 20.3 Å². The SMILES string of the molecule is CC(=O)/C(=C(/C)O)C1C=CC=CC1. The number of aliphatic hydroxyl groups is 1. The summed E-state index contributed by atoms with van der Waals surface area (Å²) in [5, 5.41) is 9.34. The summed E-state index contributed by atoms with van der Waals surface area (Å²) in [6.45, 7) is 3.05. The quantitative estimate of drug-likeness (QED) is 0.521. The molecule has 0 saturated carbocycles. The molecule has 0 spiro atoms. The van der Waals surface area contributed by atoms with Crippen molar-refractivity contribution in [2.24, 2.45) is 5.92 Å². The zero-order chi connectivity index (χ0) is 9.84. The fraction of sp³-hybridized carbons (Fsp3) is 0.364. The van der Waals surface area contributed by atoms with Crippen molar-refractivity contribution in [2.45, 2.75) is 20.3 Å². The molecule has 0 aromatic heterocycles. The third kappa shape index (κ3) is 2.31. The molecule has 0 aromatic rings. The molecule has 0 saturated heterocycles. The number of ketones is 1. The van der Waals surface area contributed by atoms with Crippen molar-refractivity contribution in [3.8, 4) is 0 Å². The highest BCUT2D eigenvalue weighted by Crippen LogP contribution is 2.23. The predicted octanol–water partition coefficient (Wildman–Crippen LogP) is 2.54. The standard InChI is InChI=1S/C11H14O2/c1-8(12)11(9(2)13)10-6-4-3-5-7-10/h3-6,10,12H,7H2,1-2H3/b11-8+. The average molecular weight is 178 g/mol. The zero-order valence-corrected chi connectivity index (χ0v) is 7.95. The van der Waals surface area contributed by atoms with Crippen LogP contribution in [0.2, 0.25) is 0 Å². The second-order valence-electron chi connectivity index (χ2n) is 3.21. The van der Waals surface area contributed by atoms with Gasteiger partial charge in [0.15, 0.2) is 5.78 Å². The summed E-state index contributed by atoms with van der Waals surface area (Å²) in [6, 6.07) is 0. The molecule has 0 aromatic carbocycles. The van der Waals surface area contributed by atoms with Crippen LogP contribution in [0.3, 0.4) is 0 Å². The maximum atomic E-state index is 11.2. The van der Waals surface area contributed by atoms with Gasteiger partial charge in [0.2, 0.25) is 0 Å². The van der Waals surface area contributed by atoms with Crippen molar-refractivity contribution in [3.05, 3.63) is 35.6 Å². The van der Waals surface area contributed by atoms with Crippen molar-refractivity contribution in [1.29, 1.82) is 0 Å². The molecule has 0 bridgehead atoms. The summed E-state index contributed by atoms with van der Waals surface area (Å²) in [4.78, 5) is 11.2. The van der Waals surface area contributed by atoms with Gasteiger partial charge in [-0.3, -0.25) is 4.79 Å². The molecule has 1 N–H and O–H groups in total. The van der Waals surface area contributed by atoms with Gasteiger partial charge in [0.1, 0.15) is 0 Å². The third-order valence-corrected chi connectivity index (χ3v) is 2.12. The highest BCUT2D eigenvalue weighted by molar-refractivity contribution is 5.94. The summed E-state index contributed by atoms with van der Waals surface area (Å²) in [6.07, 6.45) is 8.58. The first-order valence-electron chi connectivity index (χ1n) is 4.37. The van der Waals surface area contributed by atoms with E-state index in [-0.39, 0.29) is 17.5 Å². The van der Waals surface area contributed by atoms with Crippen LogP contribution in [0.15, 0.2) is 35.6 Å². The van der Waals surface area contributed by atoms with Crippen LogP contribution in [0.25, 0.3) is 0 Å². The Morgan fingerprint density at radius 1 is 1.38 bits per heavy atom. The third-order valence-electron chi connectivity index (χ3n) is 2.12. The van der Waals surface area contributed by atoms with Crippen molar-refractivity contribution in [3.63, 3.8) is 0 Å². The molecule has 2 nitrogen and oxygen atoms in total. The van der Waals surface area contributed by atoms with E-state index in [9.17, 15) is 9.90 Å². The first-order valence-corrected chi connectivity index (χ1v) is 4.37. The minimum absolute atomic E-state index is 0.0486. The maximum Gasteiger partial charge on any atom is 0.159 e. The minimum atomic E-state index is -0.0510. The summed E-state index contributed by atoms with van der Waals surface area (Å²) >= 11 is 0. The number of carbonyl (C=O) groups excluding carboxylic acids is 1. The van der Waals surface area contributed by atoms with E-state index in [0.29, 0.717) is 5.57 Å². The first-order chi connectivity index (χ1) is 6.13. The van der Waals surface area contributed by atoms with E-state index in [0.717, 1.165) is 6.42 Å². The van der Waals surface area contributed by atoms with Crippen LogP contribution in [0.1, 0.15) is 20.3 Å². The molecule has 2 heteroatoms. The molecule has 0 fully saturated rings. The second-order valence-corrected chi connectivity index (χ2v) is 3.21. The molecular formula is C11H14O2. The van der Waals surface area contributed by atoms with Gasteiger partial charge >= 0.3 is 0 Å². The number of hydrogen-bond donors (Lipinski definition) is 1. The highest BCUT2D eigenvalue weighted by atomic mass is 16.3. The Kier molecular flexibility index (Phi) is 3.07. The number of aliphatic hydroxyl groups excluding tert-OH is 1. The lowest BCUT2D eigenvalue weighted by atomic mass is 9.89. The number of carbonyl (C=O) groups is 1. The van der Waals surface area contributed by atoms with Crippen LogP contribution in [0, 0.1) is 5.92 Å². The molecule has 1 aliphatic carbocycles. The van der Waals surface area contributed by atoms with Gasteiger partial charge in [-0.2, -0.15) is 0 Å². The lowest BCUT2D eigenvalue weighted by molar-refractivity contribution is -0.114. The van der Waals surface area contributed by atoms with Crippen molar-refractivity contribution < 1.29 is 9.90 Å². The smallest absolute Gasteiger partial charge is 0.159 e. The summed E-state index contributed by atoms with van der Waals surface area (Å²) in [7, 11) is 0. The predicted molar refractivity (Wildman–Crippen MR) is 52.4 cm³/mol. The van der Waals surface area contributed by atoms with E-state index in [1.54, 1.807) is 6.92 Å². The molecule has 0 aliphatic heterocycles. The molecule has 70 valence electrons. The van der Waals surface area contributed by atoms with Crippen LogP contribution in [0.5, 0.6) is 0 Å². The van der Waals surface area contributed by atoms with Gasteiger partial charge < -0.3 is 5.11 Å². The van der Waals surface area contributed by atoms with Crippen LogP contribution in [-0.4, -0.2) is 10.9 Å². The molecule has 1 aliphatic rings. The van der Waals surface area contributed by atoms with Crippen LogP contribution >= 0.6 is 0 Å². The Hall–Kier alpha value is -1.31. The van der Waals surface area contributed by atoms with Gasteiger partial charge in [0.05, 0.1) is 5.76 Å². The lowest BCUT2D eigenvalue weighted by Gasteiger charge is -2.15. The van der Waals surface area contributed by atoms with Gasteiger partial charge in [0, 0.05) is 11.5 Å². The molecule has 13 heavy (non-hydrogen) atoms. The summed E-state index contributed by atoms with van der Waals surface area (Å²) in [5.74, 6) is 0.134. The fourth-order valence-electron chi connectivity index (χ4n) is 1.58. The monoisotopic (exact) mass is 178 g/mol. The molecule has 1 atom stereocenters. The lowest BCUT2D eigenvalue weighted by Crippen LogP contribution is -2.11. The Bertz CT molecular complexity index is 291. The number of hydrogen-bond acceptors (Lipinski definition) is 2. The minimum Gasteiger partial charge on any atom is -0.512 e. The number of rotatable bonds is 2. The van der Waals surface area contributed by atoms with Crippen molar-refractivity contribution in [2.75, 3.05) is 0 Å². The van der Waals surface area contributed by atoms with Gasteiger partial charge in [0.25, 0.3) is 0 Å². The number of Topliss-reactive ketones (excluding diaryl/α,β-unsaturated/α-hetero) is 1. The fourth-order valence-corrected chi connectivity index (χ4v) is 1.58. The van der Waals surface area contributed by atoms with E-state index in [2.05, 4.69) is 0 Å².